The van der Waals surface area contributed by atoms with E-state index in [-0.39, 0.29) is 24.2 Å². The quantitative estimate of drug-likeness (QED) is 0.519. The zero-order valence-corrected chi connectivity index (χ0v) is 20.9. The Labute approximate surface area is 200 Å². The Balaban J connectivity index is 2.38. The number of nitrogens with zero attached hydrogens (tertiary/aromatic N) is 2. The predicted molar refractivity (Wildman–Crippen MR) is 129 cm³/mol. The maximum Gasteiger partial charge on any atom is 0.244 e. The molecular formula is C24H32FN3O5S. The molecule has 2 aromatic carbocycles. The summed E-state index contributed by atoms with van der Waals surface area (Å²) >= 11 is 0. The van der Waals surface area contributed by atoms with Crippen LogP contribution in [-0.2, 0) is 26.2 Å². The van der Waals surface area contributed by atoms with Crippen molar-refractivity contribution in [1.82, 2.24) is 10.2 Å². The van der Waals surface area contributed by atoms with E-state index in [1.165, 1.54) is 42.3 Å². The number of ether oxygens (including phenoxy) is 1. The molecule has 0 radical (unpaired) electrons. The number of halogens is 1. The molecule has 0 aromatic heterocycles. The summed E-state index contributed by atoms with van der Waals surface area (Å²) in [7, 11) is -2.38. The smallest absolute Gasteiger partial charge is 0.244 e. The van der Waals surface area contributed by atoms with Crippen molar-refractivity contribution in [1.29, 1.82) is 0 Å². The summed E-state index contributed by atoms with van der Waals surface area (Å²) in [4.78, 5) is 27.6. The lowest BCUT2D eigenvalue weighted by Gasteiger charge is -2.32. The first-order valence-corrected chi connectivity index (χ1v) is 12.8. The van der Waals surface area contributed by atoms with Crippen molar-refractivity contribution >= 4 is 27.5 Å². The normalized spacial score (nSPS) is 13.0. The van der Waals surface area contributed by atoms with Gasteiger partial charge in [0.05, 0.1) is 19.1 Å². The maximum absolute atomic E-state index is 13.4. The summed E-state index contributed by atoms with van der Waals surface area (Å²) in [5.41, 5.74) is 0.860. The number of hydrogen-bond donors (Lipinski definition) is 1. The van der Waals surface area contributed by atoms with Gasteiger partial charge >= 0.3 is 0 Å². The second kappa shape index (κ2) is 11.8. The van der Waals surface area contributed by atoms with Gasteiger partial charge in [-0.25, -0.2) is 12.8 Å². The van der Waals surface area contributed by atoms with E-state index in [4.69, 9.17) is 4.74 Å². The van der Waals surface area contributed by atoms with Crippen LogP contribution in [0.15, 0.2) is 48.5 Å². The second-order valence-corrected chi connectivity index (χ2v) is 10.0. The van der Waals surface area contributed by atoms with E-state index in [2.05, 4.69) is 5.32 Å². The SMILES string of the molecule is CC[C@@H](C)NC(=O)[C@H](C)N(Cc1ccc(F)cc1)C(=O)CN(c1cccc(OC)c1)S(C)(=O)=O. The van der Waals surface area contributed by atoms with Crippen molar-refractivity contribution in [3.05, 3.63) is 59.9 Å². The molecule has 8 nitrogen and oxygen atoms in total. The number of benzene rings is 2. The van der Waals surface area contributed by atoms with Gasteiger partial charge in [0, 0.05) is 18.7 Å². The lowest BCUT2D eigenvalue weighted by atomic mass is 10.1. The molecule has 0 aliphatic carbocycles. The molecule has 0 spiro atoms. The van der Waals surface area contributed by atoms with Crippen LogP contribution < -0.4 is 14.4 Å². The summed E-state index contributed by atoms with van der Waals surface area (Å²) in [6, 6.07) is 10.9. The van der Waals surface area contributed by atoms with E-state index < -0.39 is 34.3 Å². The van der Waals surface area contributed by atoms with Gasteiger partial charge in [-0.1, -0.05) is 25.1 Å². The van der Waals surface area contributed by atoms with Crippen LogP contribution in [0.3, 0.4) is 0 Å². The summed E-state index contributed by atoms with van der Waals surface area (Å²) in [6.45, 7) is 4.84. The topological polar surface area (TPSA) is 96.0 Å². The third kappa shape index (κ3) is 7.44. The number of nitrogens with one attached hydrogen (secondary N) is 1. The third-order valence-electron chi connectivity index (χ3n) is 5.46. The Morgan fingerprint density at radius 3 is 2.32 bits per heavy atom. The molecule has 1 N–H and O–H groups in total. The molecule has 2 aromatic rings. The zero-order valence-electron chi connectivity index (χ0n) is 20.1. The minimum atomic E-state index is -3.84. The highest BCUT2D eigenvalue weighted by Gasteiger charge is 2.30. The van der Waals surface area contributed by atoms with Gasteiger partial charge in [0.25, 0.3) is 0 Å². The Hall–Kier alpha value is -3.14. The molecule has 0 fully saturated rings. The number of amides is 2. The monoisotopic (exact) mass is 493 g/mol. The average Bonchev–Trinajstić information content (AvgIpc) is 2.80. The predicted octanol–water partition coefficient (Wildman–Crippen LogP) is 2.93. The Morgan fingerprint density at radius 1 is 1.12 bits per heavy atom. The Bertz CT molecular complexity index is 1090. The van der Waals surface area contributed by atoms with Gasteiger partial charge in [0.15, 0.2) is 0 Å². The number of rotatable bonds is 11. The number of carbonyl (C=O) groups excluding carboxylic acids is 2. The highest BCUT2D eigenvalue weighted by molar-refractivity contribution is 7.92. The van der Waals surface area contributed by atoms with Crippen LogP contribution >= 0.6 is 0 Å². The summed E-state index contributed by atoms with van der Waals surface area (Å²) in [6.07, 6.45) is 1.71. The molecule has 0 saturated heterocycles. The third-order valence-corrected chi connectivity index (χ3v) is 6.60. The van der Waals surface area contributed by atoms with E-state index in [0.29, 0.717) is 17.7 Å². The Kier molecular flexibility index (Phi) is 9.43. The fraction of sp³-hybridized carbons (Fsp3) is 0.417. The van der Waals surface area contributed by atoms with Gasteiger partial charge in [-0.15, -0.1) is 0 Å². The lowest BCUT2D eigenvalue weighted by Crippen LogP contribution is -2.52. The first-order chi connectivity index (χ1) is 16.0. The molecular weight excluding hydrogens is 461 g/mol. The number of sulfonamides is 1. The van der Waals surface area contributed by atoms with Crippen molar-refractivity contribution in [3.8, 4) is 5.75 Å². The second-order valence-electron chi connectivity index (χ2n) is 8.11. The molecule has 0 heterocycles. The molecule has 0 bridgehead atoms. The molecule has 186 valence electrons. The summed E-state index contributed by atoms with van der Waals surface area (Å²) in [5.74, 6) is -0.935. The number of methoxy groups -OCH3 is 1. The molecule has 34 heavy (non-hydrogen) atoms. The van der Waals surface area contributed by atoms with Gasteiger partial charge in [-0.2, -0.15) is 0 Å². The molecule has 2 amide bonds. The van der Waals surface area contributed by atoms with E-state index in [1.807, 2.05) is 13.8 Å². The first-order valence-electron chi connectivity index (χ1n) is 10.9. The maximum atomic E-state index is 13.4. The number of hydrogen-bond acceptors (Lipinski definition) is 5. The molecule has 2 rings (SSSR count). The van der Waals surface area contributed by atoms with E-state index in [9.17, 15) is 22.4 Å². The average molecular weight is 494 g/mol. The van der Waals surface area contributed by atoms with Gasteiger partial charge in [-0.05, 0) is 50.1 Å². The first kappa shape index (κ1) is 27.1. The van der Waals surface area contributed by atoms with E-state index in [1.54, 1.807) is 25.1 Å². The van der Waals surface area contributed by atoms with Crippen LogP contribution in [0.5, 0.6) is 5.75 Å². The van der Waals surface area contributed by atoms with Crippen molar-refractivity contribution in [3.63, 3.8) is 0 Å². The van der Waals surface area contributed by atoms with Crippen molar-refractivity contribution in [2.24, 2.45) is 0 Å². The van der Waals surface area contributed by atoms with Gasteiger partial charge in [0.1, 0.15) is 24.2 Å². The largest absolute Gasteiger partial charge is 0.497 e. The number of anilines is 1. The minimum absolute atomic E-state index is 0.00389. The van der Waals surface area contributed by atoms with Crippen molar-refractivity contribution < 1.29 is 27.1 Å². The lowest BCUT2D eigenvalue weighted by molar-refractivity contribution is -0.139. The highest BCUT2D eigenvalue weighted by Crippen LogP contribution is 2.23. The minimum Gasteiger partial charge on any atom is -0.497 e. The van der Waals surface area contributed by atoms with Crippen LogP contribution in [-0.4, -0.2) is 57.1 Å². The van der Waals surface area contributed by atoms with Crippen LogP contribution in [0.2, 0.25) is 0 Å². The van der Waals surface area contributed by atoms with E-state index in [0.717, 1.165) is 10.6 Å². The summed E-state index contributed by atoms with van der Waals surface area (Å²) in [5, 5.41) is 2.85. The number of carbonyl (C=O) groups is 2. The highest BCUT2D eigenvalue weighted by atomic mass is 32.2. The van der Waals surface area contributed by atoms with Gasteiger partial charge < -0.3 is 15.0 Å². The molecule has 0 unspecified atom stereocenters. The Morgan fingerprint density at radius 2 is 1.76 bits per heavy atom. The van der Waals surface area contributed by atoms with Crippen LogP contribution in [0.25, 0.3) is 0 Å². The molecule has 2 atom stereocenters. The fourth-order valence-corrected chi connectivity index (χ4v) is 4.06. The summed E-state index contributed by atoms with van der Waals surface area (Å²) < 4.78 is 44.7. The van der Waals surface area contributed by atoms with Crippen LogP contribution in [0.1, 0.15) is 32.8 Å². The van der Waals surface area contributed by atoms with Gasteiger partial charge in [-0.3, -0.25) is 13.9 Å². The standard InChI is InChI=1S/C24H32FN3O5S/c1-6-17(2)26-24(30)18(3)27(15-19-10-12-20(25)13-11-19)23(29)16-28(34(5,31)32)21-8-7-9-22(14-21)33-4/h7-14,17-18H,6,15-16H2,1-5H3,(H,26,30)/t17-,18+/m1/s1. The van der Waals surface area contributed by atoms with E-state index >= 15 is 0 Å². The van der Waals surface area contributed by atoms with Crippen molar-refractivity contribution in [2.45, 2.75) is 45.8 Å². The molecule has 10 heteroatoms. The molecule has 0 saturated carbocycles. The van der Waals surface area contributed by atoms with Crippen LogP contribution in [0.4, 0.5) is 10.1 Å². The fourth-order valence-electron chi connectivity index (χ4n) is 3.21. The zero-order chi connectivity index (χ0) is 25.5. The van der Waals surface area contributed by atoms with Crippen molar-refractivity contribution in [2.75, 3.05) is 24.2 Å². The van der Waals surface area contributed by atoms with Crippen LogP contribution in [0, 0.1) is 5.82 Å². The molecule has 0 aliphatic rings. The molecule has 0 aliphatic heterocycles. The van der Waals surface area contributed by atoms with Gasteiger partial charge in [0.2, 0.25) is 21.8 Å².